The van der Waals surface area contributed by atoms with E-state index in [-0.39, 0.29) is 34.2 Å². The highest BCUT2D eigenvalue weighted by Crippen LogP contribution is 2.27. The van der Waals surface area contributed by atoms with Crippen LogP contribution in [0.4, 0.5) is 0 Å². The summed E-state index contributed by atoms with van der Waals surface area (Å²) in [5.41, 5.74) is 2.97. The van der Waals surface area contributed by atoms with Crippen LogP contribution in [0.25, 0.3) is 33.8 Å². The van der Waals surface area contributed by atoms with Crippen LogP contribution in [0.5, 0.6) is 0 Å². The van der Waals surface area contributed by atoms with Gasteiger partial charge in [-0.2, -0.15) is 0 Å². The molecule has 0 bridgehead atoms. The molecule has 4 N–H and O–H groups in total. The lowest BCUT2D eigenvalue weighted by Gasteiger charge is -2.22. The van der Waals surface area contributed by atoms with Gasteiger partial charge in [-0.3, -0.25) is 25.3 Å². The van der Waals surface area contributed by atoms with Crippen LogP contribution in [0.15, 0.2) is 63.1 Å². The first-order valence-electron chi connectivity index (χ1n) is 13.2. The van der Waals surface area contributed by atoms with Crippen LogP contribution in [0.3, 0.4) is 0 Å². The summed E-state index contributed by atoms with van der Waals surface area (Å²) in [6.45, 7) is 13.0. The summed E-state index contributed by atoms with van der Waals surface area (Å²) in [5.74, 6) is -0.643. The van der Waals surface area contributed by atoms with Crippen LogP contribution < -0.4 is 27.0 Å². The van der Waals surface area contributed by atoms with Gasteiger partial charge in [0, 0.05) is 0 Å². The quantitative estimate of drug-likeness (QED) is 0.258. The number of nitrogens with zero attached hydrogens (tertiary/aromatic N) is 1. The number of hydrogen-bond donors (Lipinski definition) is 4. The van der Waals surface area contributed by atoms with Gasteiger partial charge in [-0.25, -0.2) is 9.79 Å². The van der Waals surface area contributed by atoms with Crippen molar-refractivity contribution in [2.45, 2.75) is 52.4 Å². The third-order valence-electron chi connectivity index (χ3n) is 7.25. The lowest BCUT2D eigenvalue weighted by atomic mass is 9.85. The molecule has 8 heteroatoms. The zero-order valence-electron chi connectivity index (χ0n) is 23.5. The van der Waals surface area contributed by atoms with Crippen LogP contribution in [-0.2, 0) is 15.6 Å². The van der Waals surface area contributed by atoms with E-state index in [0.29, 0.717) is 16.6 Å². The van der Waals surface area contributed by atoms with Crippen molar-refractivity contribution in [1.29, 1.82) is 5.41 Å². The van der Waals surface area contributed by atoms with Crippen molar-refractivity contribution in [1.82, 2.24) is 15.3 Å². The standard InChI is InChI=1S/C16H17N3O.C16H16N2O2/c1-16(2,3)11-5-4-9-8-13-12(7-10(9)6-11)14(20)19-15(17)18-13;1-16(2,3)11-5-4-9-8-13-12(7-10(9)6-11)14(19)18-15(20)17-13/h4-8,12H,1-3H3,(H2,17,19,20);4-8H,1-3H3,(H2,17,18,19,20). The van der Waals surface area contributed by atoms with E-state index in [1.807, 2.05) is 30.4 Å². The van der Waals surface area contributed by atoms with Gasteiger partial charge in [-0.1, -0.05) is 84.0 Å². The van der Waals surface area contributed by atoms with Crippen LogP contribution in [0.1, 0.15) is 52.7 Å². The Morgan fingerprint density at radius 2 is 1.45 bits per heavy atom. The number of rotatable bonds is 0. The number of guanidine groups is 1. The van der Waals surface area contributed by atoms with Crippen LogP contribution >= 0.6 is 0 Å². The average Bonchev–Trinajstić information content (AvgIpc) is 2.85. The smallest absolute Gasteiger partial charge is 0.307 e. The van der Waals surface area contributed by atoms with Crippen molar-refractivity contribution in [2.24, 2.45) is 10.9 Å². The average molecular weight is 536 g/mol. The van der Waals surface area contributed by atoms with Gasteiger partial charge >= 0.3 is 5.69 Å². The Balaban J connectivity index is 0.000000161. The zero-order valence-corrected chi connectivity index (χ0v) is 23.5. The Labute approximate surface area is 231 Å². The number of benzene rings is 3. The maximum absolute atomic E-state index is 11.9. The summed E-state index contributed by atoms with van der Waals surface area (Å²) in [7, 11) is 0. The summed E-state index contributed by atoms with van der Waals surface area (Å²) in [4.78, 5) is 44.1. The van der Waals surface area contributed by atoms with E-state index < -0.39 is 5.69 Å². The number of aliphatic imine (C=N–C) groups is 1. The molecule has 2 heterocycles. The number of hydrogen-bond acceptors (Lipinski definition) is 4. The predicted octanol–water partition coefficient (Wildman–Crippen LogP) is 3.35. The van der Waals surface area contributed by atoms with Crippen molar-refractivity contribution < 1.29 is 4.79 Å². The van der Waals surface area contributed by atoms with Gasteiger partial charge in [-0.15, -0.1) is 0 Å². The first kappa shape index (κ1) is 27.0. The Bertz CT molecular complexity index is 1980. The Morgan fingerprint density at radius 1 is 0.775 bits per heavy atom. The number of amides is 1. The Hall–Kier alpha value is -4.59. The second-order valence-electron chi connectivity index (χ2n) is 12.4. The second kappa shape index (κ2) is 9.55. The predicted molar refractivity (Wildman–Crippen MR) is 162 cm³/mol. The molecule has 40 heavy (non-hydrogen) atoms. The van der Waals surface area contributed by atoms with Crippen LogP contribution in [0, 0.1) is 11.3 Å². The number of aromatic nitrogens is 2. The van der Waals surface area contributed by atoms with E-state index >= 15 is 0 Å². The molecular weight excluding hydrogens is 502 g/mol. The van der Waals surface area contributed by atoms with E-state index in [9.17, 15) is 14.4 Å². The number of aromatic amines is 2. The van der Waals surface area contributed by atoms with Gasteiger partial charge in [-0.05, 0) is 61.4 Å². The number of fused-ring (bicyclic) bond motifs is 4. The highest BCUT2D eigenvalue weighted by atomic mass is 16.2. The fourth-order valence-electron chi connectivity index (χ4n) is 4.87. The Morgan fingerprint density at radius 3 is 2.15 bits per heavy atom. The van der Waals surface area contributed by atoms with Gasteiger partial charge in [0.2, 0.25) is 11.9 Å². The molecule has 1 atom stereocenters. The molecule has 8 nitrogen and oxygen atoms in total. The van der Waals surface area contributed by atoms with Crippen molar-refractivity contribution >= 4 is 51.4 Å². The fraction of sp³-hybridized carbons (Fsp3) is 0.281. The summed E-state index contributed by atoms with van der Waals surface area (Å²) < 4.78 is 0. The van der Waals surface area contributed by atoms with Crippen molar-refractivity contribution in [2.75, 3.05) is 0 Å². The maximum Gasteiger partial charge on any atom is 0.326 e. The monoisotopic (exact) mass is 535 g/mol. The molecule has 2 aliphatic rings. The SMILES string of the molecule is CC(C)(C)c1ccc2c(c1)=CC1C(=O)NC(=N)N=C1C=2.CC(C)(C)c1ccc2cc3[nH]c(=O)[nH]c(=O)c3cc2c1. The summed E-state index contributed by atoms with van der Waals surface area (Å²) >= 11 is 0. The molecule has 0 saturated carbocycles. The molecule has 204 valence electrons. The van der Waals surface area contributed by atoms with Gasteiger partial charge in [0.15, 0.2) is 0 Å². The molecular formula is C32H33N5O3. The summed E-state index contributed by atoms with van der Waals surface area (Å²) in [6, 6.07) is 16.2. The molecule has 6 rings (SSSR count). The van der Waals surface area contributed by atoms with Gasteiger partial charge in [0.25, 0.3) is 5.56 Å². The number of nitrogens with one attached hydrogen (secondary N) is 4. The lowest BCUT2D eigenvalue weighted by molar-refractivity contribution is -0.120. The van der Waals surface area contributed by atoms with Crippen molar-refractivity contribution in [3.8, 4) is 0 Å². The third kappa shape index (κ3) is 5.30. The Kier molecular flexibility index (Phi) is 6.45. The van der Waals surface area contributed by atoms with Gasteiger partial charge in [0.05, 0.1) is 22.5 Å². The minimum Gasteiger partial charge on any atom is -0.307 e. The van der Waals surface area contributed by atoms with E-state index in [2.05, 4.69) is 92.2 Å². The zero-order chi connectivity index (χ0) is 29.0. The maximum atomic E-state index is 11.9. The van der Waals surface area contributed by atoms with Crippen molar-refractivity contribution in [3.05, 3.63) is 90.9 Å². The first-order valence-corrected chi connectivity index (χ1v) is 13.2. The molecule has 3 aromatic carbocycles. The molecule has 0 fully saturated rings. The molecule has 1 aromatic heterocycles. The topological polar surface area (TPSA) is 131 Å². The van der Waals surface area contributed by atoms with Gasteiger partial charge < -0.3 is 4.98 Å². The molecule has 1 aliphatic heterocycles. The molecule has 1 aliphatic carbocycles. The van der Waals surface area contributed by atoms with Crippen LogP contribution in [-0.4, -0.2) is 27.5 Å². The summed E-state index contributed by atoms with van der Waals surface area (Å²) in [5, 5.41) is 14.6. The van der Waals surface area contributed by atoms with Crippen molar-refractivity contribution in [3.63, 3.8) is 0 Å². The second-order valence-corrected chi connectivity index (χ2v) is 12.4. The van der Waals surface area contributed by atoms with E-state index in [0.717, 1.165) is 21.2 Å². The summed E-state index contributed by atoms with van der Waals surface area (Å²) in [6.07, 6.45) is 3.84. The number of H-pyrrole nitrogens is 2. The normalized spacial score (nSPS) is 16.6. The first-order chi connectivity index (χ1) is 18.7. The fourth-order valence-corrected chi connectivity index (χ4v) is 4.87. The largest absolute Gasteiger partial charge is 0.326 e. The molecule has 0 radical (unpaired) electrons. The van der Waals surface area contributed by atoms with Crippen LogP contribution in [0.2, 0.25) is 0 Å². The molecule has 1 unspecified atom stereocenters. The number of carbonyl (C=O) groups excluding carboxylic acids is 1. The number of carbonyl (C=O) groups is 1. The minimum absolute atomic E-state index is 0.0561. The minimum atomic E-state index is -0.479. The molecule has 4 aromatic rings. The van der Waals surface area contributed by atoms with E-state index in [4.69, 9.17) is 5.41 Å². The highest BCUT2D eigenvalue weighted by Gasteiger charge is 2.28. The molecule has 0 saturated heterocycles. The van der Waals surface area contributed by atoms with E-state index in [1.165, 1.54) is 11.1 Å². The lowest BCUT2D eigenvalue weighted by Crippen LogP contribution is -2.46. The third-order valence-corrected chi connectivity index (χ3v) is 7.25. The molecule has 1 amide bonds. The highest BCUT2D eigenvalue weighted by molar-refractivity contribution is 6.30. The van der Waals surface area contributed by atoms with Gasteiger partial charge in [0.1, 0.15) is 0 Å². The molecule has 0 spiro atoms. The van der Waals surface area contributed by atoms with E-state index in [1.54, 1.807) is 0 Å².